The summed E-state index contributed by atoms with van der Waals surface area (Å²) in [4.78, 5) is 30.3. The fourth-order valence-electron chi connectivity index (χ4n) is 4.47. The van der Waals surface area contributed by atoms with Gasteiger partial charge in [-0.3, -0.25) is 14.5 Å². The van der Waals surface area contributed by atoms with Crippen molar-refractivity contribution in [2.75, 3.05) is 38.1 Å². The number of hydrogen-bond donors (Lipinski definition) is 1. The van der Waals surface area contributed by atoms with Crippen molar-refractivity contribution in [2.45, 2.75) is 26.0 Å². The van der Waals surface area contributed by atoms with Crippen LogP contribution in [-0.4, -0.2) is 51.2 Å². The van der Waals surface area contributed by atoms with Crippen LogP contribution in [0, 0.1) is 0 Å². The van der Waals surface area contributed by atoms with Gasteiger partial charge in [-0.05, 0) is 67.9 Å². The smallest absolute Gasteiger partial charge is 0.300 e. The zero-order chi connectivity index (χ0) is 27.6. The predicted octanol–water partition coefficient (Wildman–Crippen LogP) is 5.18. The summed E-state index contributed by atoms with van der Waals surface area (Å²) < 4.78 is 16.5. The first-order chi connectivity index (χ1) is 18.2. The standard InChI is InChI=1S/C30H32N2O6/c1-18(2)38-22-13-11-21(12-14-22)32-27(19-7-9-20(10-8-19)31(3)4)26(29(34)30(32)35)28(33)24-16-15-23(36-5)17-25(24)37-6/h7-18,27,33H,1-6H3/b28-26-. The van der Waals surface area contributed by atoms with Crippen molar-refractivity contribution in [3.63, 3.8) is 0 Å². The Bertz CT molecular complexity index is 1360. The summed E-state index contributed by atoms with van der Waals surface area (Å²) in [5.41, 5.74) is 2.38. The van der Waals surface area contributed by atoms with Crippen molar-refractivity contribution in [1.29, 1.82) is 0 Å². The normalized spacial score (nSPS) is 16.6. The average Bonchev–Trinajstić information content (AvgIpc) is 3.18. The molecule has 1 atom stereocenters. The minimum Gasteiger partial charge on any atom is -0.507 e. The highest BCUT2D eigenvalue weighted by molar-refractivity contribution is 6.51. The molecule has 0 aliphatic carbocycles. The second kappa shape index (κ2) is 10.9. The molecule has 1 aliphatic rings. The molecule has 1 heterocycles. The number of carbonyl (C=O) groups excluding carboxylic acids is 2. The van der Waals surface area contributed by atoms with Gasteiger partial charge in [0.15, 0.2) is 0 Å². The molecule has 1 amide bonds. The van der Waals surface area contributed by atoms with Crippen LogP contribution in [0.3, 0.4) is 0 Å². The first-order valence-electron chi connectivity index (χ1n) is 12.2. The van der Waals surface area contributed by atoms with E-state index < -0.39 is 17.7 Å². The third-order valence-electron chi connectivity index (χ3n) is 6.32. The van der Waals surface area contributed by atoms with Gasteiger partial charge in [-0.15, -0.1) is 0 Å². The fraction of sp³-hybridized carbons (Fsp3) is 0.267. The number of ketones is 1. The molecule has 0 aromatic heterocycles. The summed E-state index contributed by atoms with van der Waals surface area (Å²) in [6.07, 6.45) is -0.00948. The van der Waals surface area contributed by atoms with Crippen LogP contribution in [0.1, 0.15) is 31.0 Å². The number of methoxy groups -OCH3 is 2. The van der Waals surface area contributed by atoms with Crippen molar-refractivity contribution in [3.8, 4) is 17.2 Å². The number of anilines is 2. The molecular weight excluding hydrogens is 484 g/mol. The summed E-state index contributed by atoms with van der Waals surface area (Å²) in [7, 11) is 6.84. The van der Waals surface area contributed by atoms with Gasteiger partial charge in [-0.2, -0.15) is 0 Å². The van der Waals surface area contributed by atoms with Gasteiger partial charge in [0.1, 0.15) is 23.0 Å². The summed E-state index contributed by atoms with van der Waals surface area (Å²) in [6.45, 7) is 3.86. The van der Waals surface area contributed by atoms with Gasteiger partial charge in [-0.1, -0.05) is 12.1 Å². The average molecular weight is 517 g/mol. The number of carbonyl (C=O) groups is 2. The van der Waals surface area contributed by atoms with Crippen LogP contribution in [0.4, 0.5) is 11.4 Å². The van der Waals surface area contributed by atoms with Crippen molar-refractivity contribution >= 4 is 28.8 Å². The van der Waals surface area contributed by atoms with Crippen molar-refractivity contribution in [3.05, 3.63) is 83.4 Å². The van der Waals surface area contributed by atoms with E-state index in [9.17, 15) is 14.7 Å². The molecule has 3 aromatic rings. The Morgan fingerprint density at radius 2 is 1.53 bits per heavy atom. The highest BCUT2D eigenvalue weighted by Crippen LogP contribution is 2.44. The van der Waals surface area contributed by atoms with E-state index in [1.165, 1.54) is 19.1 Å². The molecule has 0 radical (unpaired) electrons. The lowest BCUT2D eigenvalue weighted by Crippen LogP contribution is -2.29. The third kappa shape index (κ3) is 5.02. The number of amides is 1. The van der Waals surface area contributed by atoms with Gasteiger partial charge in [0.2, 0.25) is 0 Å². The zero-order valence-electron chi connectivity index (χ0n) is 22.4. The van der Waals surface area contributed by atoms with E-state index in [-0.39, 0.29) is 23.0 Å². The van der Waals surface area contributed by atoms with Gasteiger partial charge >= 0.3 is 0 Å². The lowest BCUT2D eigenvalue weighted by molar-refractivity contribution is -0.132. The molecule has 1 fully saturated rings. The first-order valence-corrected chi connectivity index (χ1v) is 12.2. The zero-order valence-corrected chi connectivity index (χ0v) is 22.4. The topological polar surface area (TPSA) is 88.5 Å². The number of aliphatic hydroxyl groups excluding tert-OH is 1. The fourth-order valence-corrected chi connectivity index (χ4v) is 4.47. The Morgan fingerprint density at radius 3 is 2.08 bits per heavy atom. The lowest BCUT2D eigenvalue weighted by atomic mass is 9.94. The predicted molar refractivity (Wildman–Crippen MR) is 147 cm³/mol. The number of hydrogen-bond acceptors (Lipinski definition) is 7. The second-order valence-electron chi connectivity index (χ2n) is 9.38. The molecule has 8 nitrogen and oxygen atoms in total. The van der Waals surface area contributed by atoms with E-state index in [4.69, 9.17) is 14.2 Å². The van der Waals surface area contributed by atoms with Crippen LogP contribution in [-0.2, 0) is 9.59 Å². The SMILES string of the molecule is COc1ccc(/C(O)=C2/C(=O)C(=O)N(c3ccc(OC(C)C)cc3)C2c2ccc(N(C)C)cc2)c(OC)c1. The van der Waals surface area contributed by atoms with Crippen LogP contribution >= 0.6 is 0 Å². The molecule has 1 aliphatic heterocycles. The molecule has 8 heteroatoms. The third-order valence-corrected chi connectivity index (χ3v) is 6.32. The Labute approximate surface area is 222 Å². The summed E-state index contributed by atoms with van der Waals surface area (Å²) in [6, 6.07) is 18.5. The molecule has 0 bridgehead atoms. The van der Waals surface area contributed by atoms with E-state index in [1.807, 2.05) is 57.1 Å². The number of Topliss-reactive ketones (excluding diaryl/α,β-unsaturated/α-hetero) is 1. The van der Waals surface area contributed by atoms with E-state index in [1.54, 1.807) is 42.5 Å². The first kappa shape index (κ1) is 26.6. The monoisotopic (exact) mass is 516 g/mol. The maximum absolute atomic E-state index is 13.5. The maximum atomic E-state index is 13.5. The van der Waals surface area contributed by atoms with Gasteiger partial charge in [-0.25, -0.2) is 0 Å². The molecule has 1 saturated heterocycles. The van der Waals surface area contributed by atoms with E-state index in [0.29, 0.717) is 28.5 Å². The summed E-state index contributed by atoms with van der Waals surface area (Å²) >= 11 is 0. The molecule has 0 saturated carbocycles. The largest absolute Gasteiger partial charge is 0.507 e. The van der Waals surface area contributed by atoms with Crippen molar-refractivity contribution in [2.24, 2.45) is 0 Å². The minimum absolute atomic E-state index is 0.00948. The van der Waals surface area contributed by atoms with Crippen LogP contribution in [0.15, 0.2) is 72.3 Å². The van der Waals surface area contributed by atoms with Gasteiger partial charge in [0.25, 0.3) is 11.7 Å². The molecule has 3 aromatic carbocycles. The number of aliphatic hydroxyl groups is 1. The summed E-state index contributed by atoms with van der Waals surface area (Å²) in [5, 5.41) is 11.5. The van der Waals surface area contributed by atoms with E-state index in [2.05, 4.69) is 0 Å². The molecule has 4 rings (SSSR count). The highest BCUT2D eigenvalue weighted by Gasteiger charge is 2.47. The molecule has 1 N–H and O–H groups in total. The molecule has 198 valence electrons. The van der Waals surface area contributed by atoms with E-state index in [0.717, 1.165) is 5.69 Å². The number of ether oxygens (including phenoxy) is 3. The Morgan fingerprint density at radius 1 is 0.895 bits per heavy atom. The van der Waals surface area contributed by atoms with E-state index >= 15 is 0 Å². The molecule has 1 unspecified atom stereocenters. The van der Waals surface area contributed by atoms with Crippen LogP contribution in [0.25, 0.3) is 5.76 Å². The molecule has 38 heavy (non-hydrogen) atoms. The van der Waals surface area contributed by atoms with Crippen LogP contribution in [0.2, 0.25) is 0 Å². The Kier molecular flexibility index (Phi) is 7.62. The van der Waals surface area contributed by atoms with Crippen molar-refractivity contribution in [1.82, 2.24) is 0 Å². The van der Waals surface area contributed by atoms with Crippen LogP contribution in [0.5, 0.6) is 17.2 Å². The van der Waals surface area contributed by atoms with Gasteiger partial charge in [0.05, 0.1) is 37.5 Å². The van der Waals surface area contributed by atoms with Crippen LogP contribution < -0.4 is 24.0 Å². The minimum atomic E-state index is -0.866. The quantitative estimate of drug-likeness (QED) is 0.251. The molecular formula is C30H32N2O6. The number of rotatable bonds is 8. The van der Waals surface area contributed by atoms with Gasteiger partial charge in [0, 0.05) is 31.5 Å². The Hall–Kier alpha value is -4.46. The second-order valence-corrected chi connectivity index (χ2v) is 9.38. The lowest BCUT2D eigenvalue weighted by Gasteiger charge is -2.26. The summed E-state index contributed by atoms with van der Waals surface area (Å²) in [5.74, 6) is -0.367. The molecule has 0 spiro atoms. The number of nitrogens with zero attached hydrogens (tertiary/aromatic N) is 2. The number of benzene rings is 3. The highest BCUT2D eigenvalue weighted by atomic mass is 16.5. The maximum Gasteiger partial charge on any atom is 0.300 e. The Balaban J connectivity index is 1.90. The van der Waals surface area contributed by atoms with Crippen molar-refractivity contribution < 1.29 is 28.9 Å². The van der Waals surface area contributed by atoms with Gasteiger partial charge < -0.3 is 24.2 Å².